The number of likely N-dealkylation sites (N-methyl/N-ethyl adjacent to an activating group) is 1. The van der Waals surface area contributed by atoms with Gasteiger partial charge in [0, 0.05) is 32.8 Å². The molecule has 0 bridgehead atoms. The van der Waals surface area contributed by atoms with Gasteiger partial charge >= 0.3 is 0 Å². The highest BCUT2D eigenvalue weighted by Crippen LogP contribution is 2.13. The van der Waals surface area contributed by atoms with E-state index in [-0.39, 0.29) is 12.0 Å². The van der Waals surface area contributed by atoms with E-state index >= 15 is 0 Å². The van der Waals surface area contributed by atoms with Gasteiger partial charge in [-0.3, -0.25) is 9.69 Å². The lowest BCUT2D eigenvalue weighted by atomic mass is 10.2. The molecule has 5 heteroatoms. The molecule has 1 amide bonds. The third kappa shape index (κ3) is 4.75. The second-order valence-corrected chi connectivity index (χ2v) is 5.45. The van der Waals surface area contributed by atoms with Crippen LogP contribution in [0.3, 0.4) is 0 Å². The Kier molecular flexibility index (Phi) is 6.07. The first-order valence-electron chi connectivity index (χ1n) is 7.62. The fourth-order valence-corrected chi connectivity index (χ4v) is 2.79. The lowest BCUT2D eigenvalue weighted by Gasteiger charge is -2.27. The maximum absolute atomic E-state index is 12.4. The van der Waals surface area contributed by atoms with Crippen molar-refractivity contribution in [2.45, 2.75) is 32.3 Å². The Morgan fingerprint density at radius 1 is 1.37 bits per heavy atom. The minimum Gasteiger partial charge on any atom is -0.376 e. The van der Waals surface area contributed by atoms with Crippen LogP contribution in [0, 0.1) is 0 Å². The minimum atomic E-state index is 0.250. The Hall–Kier alpha value is -0.650. The van der Waals surface area contributed by atoms with E-state index in [0.29, 0.717) is 6.54 Å². The predicted octanol–water partition coefficient (Wildman–Crippen LogP) is 0.309. The first-order chi connectivity index (χ1) is 9.29. The second-order valence-electron chi connectivity index (χ2n) is 5.45. The van der Waals surface area contributed by atoms with Crippen LogP contribution in [0.2, 0.25) is 0 Å². The summed E-state index contributed by atoms with van der Waals surface area (Å²) in [5.41, 5.74) is 0. The molecule has 2 aliphatic rings. The first-order valence-corrected chi connectivity index (χ1v) is 7.62. The van der Waals surface area contributed by atoms with Crippen LogP contribution in [0.15, 0.2) is 0 Å². The van der Waals surface area contributed by atoms with E-state index in [4.69, 9.17) is 4.74 Å². The second kappa shape index (κ2) is 7.82. The molecule has 2 rings (SSSR count). The van der Waals surface area contributed by atoms with Crippen molar-refractivity contribution in [1.29, 1.82) is 0 Å². The zero-order valence-corrected chi connectivity index (χ0v) is 12.1. The number of nitrogens with one attached hydrogen (secondary N) is 1. The lowest BCUT2D eigenvalue weighted by Crippen LogP contribution is -2.44. The smallest absolute Gasteiger partial charge is 0.236 e. The van der Waals surface area contributed by atoms with E-state index in [1.54, 1.807) is 0 Å². The summed E-state index contributed by atoms with van der Waals surface area (Å²) in [4.78, 5) is 16.6. The monoisotopic (exact) mass is 269 g/mol. The van der Waals surface area contributed by atoms with Crippen LogP contribution in [-0.4, -0.2) is 74.2 Å². The fourth-order valence-electron chi connectivity index (χ4n) is 2.79. The molecular formula is C14H27N3O2. The van der Waals surface area contributed by atoms with Gasteiger partial charge in [0.05, 0.1) is 12.6 Å². The van der Waals surface area contributed by atoms with E-state index in [2.05, 4.69) is 17.1 Å². The molecule has 1 atom stereocenters. The molecule has 0 aromatic rings. The van der Waals surface area contributed by atoms with Crippen LogP contribution in [0.25, 0.3) is 0 Å². The maximum atomic E-state index is 12.4. The number of nitrogens with zero attached hydrogens (tertiary/aromatic N) is 2. The van der Waals surface area contributed by atoms with Crippen LogP contribution < -0.4 is 5.32 Å². The highest BCUT2D eigenvalue weighted by molar-refractivity contribution is 5.78. The molecule has 0 radical (unpaired) electrons. The summed E-state index contributed by atoms with van der Waals surface area (Å²) in [6.07, 6.45) is 3.62. The topological polar surface area (TPSA) is 44.8 Å². The van der Waals surface area contributed by atoms with Gasteiger partial charge in [-0.25, -0.2) is 0 Å². The summed E-state index contributed by atoms with van der Waals surface area (Å²) in [7, 11) is 0. The van der Waals surface area contributed by atoms with Crippen molar-refractivity contribution in [1.82, 2.24) is 15.1 Å². The Balaban J connectivity index is 1.77. The zero-order chi connectivity index (χ0) is 13.5. The maximum Gasteiger partial charge on any atom is 0.236 e. The highest BCUT2D eigenvalue weighted by Gasteiger charge is 2.23. The number of hydrogen-bond donors (Lipinski definition) is 1. The molecule has 19 heavy (non-hydrogen) atoms. The van der Waals surface area contributed by atoms with Gasteiger partial charge in [0.25, 0.3) is 0 Å². The van der Waals surface area contributed by atoms with Gasteiger partial charge in [-0.1, -0.05) is 0 Å². The van der Waals surface area contributed by atoms with E-state index in [0.717, 1.165) is 65.1 Å². The van der Waals surface area contributed by atoms with E-state index in [1.807, 2.05) is 4.90 Å². The molecule has 5 nitrogen and oxygen atoms in total. The SMILES string of the molecule is CCN(CC1CCCO1)C(=O)CN1CCCNCC1. The van der Waals surface area contributed by atoms with Crippen LogP contribution >= 0.6 is 0 Å². The average molecular weight is 269 g/mol. The Morgan fingerprint density at radius 2 is 2.26 bits per heavy atom. The summed E-state index contributed by atoms with van der Waals surface area (Å²) >= 11 is 0. The molecule has 0 saturated carbocycles. The van der Waals surface area contributed by atoms with Crippen LogP contribution in [-0.2, 0) is 9.53 Å². The van der Waals surface area contributed by atoms with Crippen molar-refractivity contribution in [3.63, 3.8) is 0 Å². The molecule has 0 spiro atoms. The van der Waals surface area contributed by atoms with E-state index in [1.165, 1.54) is 0 Å². The fraction of sp³-hybridized carbons (Fsp3) is 0.929. The van der Waals surface area contributed by atoms with Crippen LogP contribution in [0.4, 0.5) is 0 Å². The van der Waals surface area contributed by atoms with Crippen LogP contribution in [0.5, 0.6) is 0 Å². The standard InChI is InChI=1S/C14H27N3O2/c1-2-17(11-13-5-3-10-19-13)14(18)12-16-8-4-6-15-7-9-16/h13,15H,2-12H2,1H3. The number of carbonyl (C=O) groups excluding carboxylic acids is 1. The molecule has 2 fully saturated rings. The normalized spacial score (nSPS) is 25.2. The van der Waals surface area contributed by atoms with E-state index < -0.39 is 0 Å². The van der Waals surface area contributed by atoms with Crippen molar-refractivity contribution in [2.24, 2.45) is 0 Å². The molecule has 2 saturated heterocycles. The quantitative estimate of drug-likeness (QED) is 0.780. The number of amides is 1. The first kappa shape index (κ1) is 14.8. The summed E-state index contributed by atoms with van der Waals surface area (Å²) in [6.45, 7) is 9.07. The van der Waals surface area contributed by atoms with Crippen molar-refractivity contribution >= 4 is 5.91 Å². The van der Waals surface area contributed by atoms with Gasteiger partial charge in [0.2, 0.25) is 5.91 Å². The van der Waals surface area contributed by atoms with Gasteiger partial charge in [0.1, 0.15) is 0 Å². The van der Waals surface area contributed by atoms with Crippen molar-refractivity contribution in [3.8, 4) is 0 Å². The molecule has 2 heterocycles. The lowest BCUT2D eigenvalue weighted by molar-refractivity contribution is -0.133. The molecule has 0 aromatic heterocycles. The Labute approximate surface area is 116 Å². The molecule has 110 valence electrons. The Bertz CT molecular complexity index is 272. The molecule has 1 N–H and O–H groups in total. The highest BCUT2D eigenvalue weighted by atomic mass is 16.5. The summed E-state index contributed by atoms with van der Waals surface area (Å²) in [5, 5.41) is 3.37. The summed E-state index contributed by atoms with van der Waals surface area (Å²) in [5.74, 6) is 0.250. The van der Waals surface area contributed by atoms with Gasteiger partial charge in [0.15, 0.2) is 0 Å². The minimum absolute atomic E-state index is 0.250. The number of carbonyl (C=O) groups is 1. The summed E-state index contributed by atoms with van der Waals surface area (Å²) < 4.78 is 5.63. The largest absolute Gasteiger partial charge is 0.376 e. The van der Waals surface area contributed by atoms with Gasteiger partial charge in [-0.05, 0) is 39.3 Å². The van der Waals surface area contributed by atoms with Crippen molar-refractivity contribution < 1.29 is 9.53 Å². The molecule has 2 aliphatic heterocycles. The third-order valence-electron chi connectivity index (χ3n) is 3.97. The molecular weight excluding hydrogens is 242 g/mol. The third-order valence-corrected chi connectivity index (χ3v) is 3.97. The Morgan fingerprint density at radius 3 is 3.00 bits per heavy atom. The number of hydrogen-bond acceptors (Lipinski definition) is 4. The van der Waals surface area contributed by atoms with Gasteiger partial charge < -0.3 is 15.0 Å². The van der Waals surface area contributed by atoms with Crippen molar-refractivity contribution in [2.75, 3.05) is 52.4 Å². The molecule has 0 aromatic carbocycles. The average Bonchev–Trinajstić information content (AvgIpc) is 2.79. The van der Waals surface area contributed by atoms with Gasteiger partial charge in [-0.2, -0.15) is 0 Å². The van der Waals surface area contributed by atoms with Gasteiger partial charge in [-0.15, -0.1) is 0 Å². The molecule has 0 aliphatic carbocycles. The number of ether oxygens (including phenoxy) is 1. The van der Waals surface area contributed by atoms with Crippen molar-refractivity contribution in [3.05, 3.63) is 0 Å². The predicted molar refractivity (Wildman–Crippen MR) is 75.2 cm³/mol. The molecule has 1 unspecified atom stereocenters. The zero-order valence-electron chi connectivity index (χ0n) is 12.1. The van der Waals surface area contributed by atoms with E-state index in [9.17, 15) is 4.79 Å². The number of rotatable bonds is 5. The summed E-state index contributed by atoms with van der Waals surface area (Å²) in [6, 6.07) is 0. The van der Waals surface area contributed by atoms with Crippen LogP contribution in [0.1, 0.15) is 26.2 Å².